The van der Waals surface area contributed by atoms with Crippen molar-refractivity contribution < 1.29 is 18.3 Å². The summed E-state index contributed by atoms with van der Waals surface area (Å²) in [6.07, 6.45) is 0.846. The highest BCUT2D eigenvalue weighted by Crippen LogP contribution is 2.18. The van der Waals surface area contributed by atoms with Gasteiger partial charge in [0.2, 0.25) is 10.0 Å². The van der Waals surface area contributed by atoms with Gasteiger partial charge in [0.15, 0.2) is 0 Å². The number of carbonyl (C=O) groups is 1. The van der Waals surface area contributed by atoms with Crippen LogP contribution in [-0.4, -0.2) is 37.0 Å². The standard InChI is InChI=1S/C12H15NO4S2/c14-12(15)10-3-1-2-9(6-10)8-19(16,17)13-11-4-5-18-7-11/h1-3,6,11,13H,4-5,7-8H2,(H,14,15). The number of aromatic carboxylic acids is 1. The Hall–Kier alpha value is -1.05. The van der Waals surface area contributed by atoms with Gasteiger partial charge in [-0.1, -0.05) is 12.1 Å². The highest BCUT2D eigenvalue weighted by molar-refractivity contribution is 7.99. The van der Waals surface area contributed by atoms with E-state index in [1.54, 1.807) is 23.9 Å². The van der Waals surface area contributed by atoms with Crippen LogP contribution < -0.4 is 4.72 Å². The summed E-state index contributed by atoms with van der Waals surface area (Å²) >= 11 is 1.73. The summed E-state index contributed by atoms with van der Waals surface area (Å²) in [5.41, 5.74) is 0.585. The second-order valence-corrected chi connectivity index (χ2v) is 7.35. The number of hydrogen-bond donors (Lipinski definition) is 2. The zero-order chi connectivity index (χ0) is 13.9. The Morgan fingerprint density at radius 2 is 2.26 bits per heavy atom. The number of nitrogens with one attached hydrogen (secondary N) is 1. The fourth-order valence-corrected chi connectivity index (χ4v) is 4.61. The van der Waals surface area contributed by atoms with Crippen molar-refractivity contribution >= 4 is 27.8 Å². The molecule has 1 aliphatic rings. The lowest BCUT2D eigenvalue weighted by molar-refractivity contribution is 0.0696. The first-order chi connectivity index (χ1) is 8.96. The number of carboxylic acid groups (broad SMARTS) is 1. The van der Waals surface area contributed by atoms with E-state index in [2.05, 4.69) is 4.72 Å². The maximum absolute atomic E-state index is 12.0. The van der Waals surface area contributed by atoms with Crippen molar-refractivity contribution in [3.8, 4) is 0 Å². The average Bonchev–Trinajstić information content (AvgIpc) is 2.80. The van der Waals surface area contributed by atoms with E-state index in [1.165, 1.54) is 12.1 Å². The molecule has 0 aromatic heterocycles. The van der Waals surface area contributed by atoms with Crippen molar-refractivity contribution in [3.05, 3.63) is 35.4 Å². The fourth-order valence-electron chi connectivity index (χ4n) is 1.94. The average molecular weight is 301 g/mol. The van der Waals surface area contributed by atoms with E-state index in [1.807, 2.05) is 0 Å². The largest absolute Gasteiger partial charge is 0.478 e. The Labute approximate surface area is 116 Å². The normalized spacial score (nSPS) is 19.5. The molecule has 0 saturated carbocycles. The Morgan fingerprint density at radius 1 is 1.47 bits per heavy atom. The number of sulfonamides is 1. The highest BCUT2D eigenvalue weighted by Gasteiger charge is 2.22. The second kappa shape index (κ2) is 5.94. The summed E-state index contributed by atoms with van der Waals surface area (Å²) in [6, 6.07) is 6.01. The molecular weight excluding hydrogens is 286 g/mol. The van der Waals surface area contributed by atoms with E-state index < -0.39 is 16.0 Å². The van der Waals surface area contributed by atoms with Crippen molar-refractivity contribution in [2.24, 2.45) is 0 Å². The van der Waals surface area contributed by atoms with Crippen LogP contribution in [-0.2, 0) is 15.8 Å². The van der Waals surface area contributed by atoms with Gasteiger partial charge in [-0.2, -0.15) is 11.8 Å². The van der Waals surface area contributed by atoms with E-state index in [4.69, 9.17) is 5.11 Å². The lowest BCUT2D eigenvalue weighted by Gasteiger charge is -2.12. The highest BCUT2D eigenvalue weighted by atomic mass is 32.2. The third kappa shape index (κ3) is 4.22. The molecule has 0 bridgehead atoms. The van der Waals surface area contributed by atoms with Crippen LogP contribution in [0, 0.1) is 0 Å². The molecule has 2 rings (SSSR count). The molecule has 1 atom stereocenters. The van der Waals surface area contributed by atoms with E-state index in [0.717, 1.165) is 17.9 Å². The van der Waals surface area contributed by atoms with E-state index in [-0.39, 0.29) is 17.4 Å². The van der Waals surface area contributed by atoms with Crippen LogP contribution in [0.5, 0.6) is 0 Å². The molecular formula is C12H15NO4S2. The summed E-state index contributed by atoms with van der Waals surface area (Å²) in [6.45, 7) is 0. The van der Waals surface area contributed by atoms with Crippen molar-refractivity contribution in [3.63, 3.8) is 0 Å². The SMILES string of the molecule is O=C(O)c1cccc(CS(=O)(=O)NC2CCSC2)c1. The molecule has 104 valence electrons. The molecule has 0 amide bonds. The third-order valence-corrected chi connectivity index (χ3v) is 5.37. The number of benzene rings is 1. The molecule has 5 nitrogen and oxygen atoms in total. The smallest absolute Gasteiger partial charge is 0.335 e. The molecule has 1 heterocycles. The predicted molar refractivity (Wildman–Crippen MR) is 74.9 cm³/mol. The zero-order valence-electron chi connectivity index (χ0n) is 10.2. The predicted octanol–water partition coefficient (Wildman–Crippen LogP) is 1.31. The van der Waals surface area contributed by atoms with Crippen LogP contribution in [0.3, 0.4) is 0 Å². The number of carboxylic acids is 1. The minimum absolute atomic E-state index is 0.00217. The van der Waals surface area contributed by atoms with Crippen molar-refractivity contribution in [1.29, 1.82) is 0 Å². The molecule has 7 heteroatoms. The molecule has 1 aromatic rings. The van der Waals surface area contributed by atoms with Gasteiger partial charge in [-0.05, 0) is 29.9 Å². The second-order valence-electron chi connectivity index (χ2n) is 4.44. The van der Waals surface area contributed by atoms with Gasteiger partial charge in [-0.3, -0.25) is 0 Å². The van der Waals surface area contributed by atoms with Crippen molar-refractivity contribution in [2.75, 3.05) is 11.5 Å². The van der Waals surface area contributed by atoms with E-state index in [9.17, 15) is 13.2 Å². The molecule has 2 N–H and O–H groups in total. The van der Waals surface area contributed by atoms with Gasteiger partial charge < -0.3 is 5.11 Å². The van der Waals surface area contributed by atoms with Crippen LogP contribution in [0.1, 0.15) is 22.3 Å². The monoisotopic (exact) mass is 301 g/mol. The summed E-state index contributed by atoms with van der Waals surface area (Å²) in [5, 5.41) is 8.87. The summed E-state index contributed by atoms with van der Waals surface area (Å²) in [5.74, 6) is 0.533. The van der Waals surface area contributed by atoms with Crippen molar-refractivity contribution in [1.82, 2.24) is 4.72 Å². The van der Waals surface area contributed by atoms with Gasteiger partial charge in [0.1, 0.15) is 0 Å². The topological polar surface area (TPSA) is 83.5 Å². The van der Waals surface area contributed by atoms with Crippen LogP contribution >= 0.6 is 11.8 Å². The summed E-state index contributed by atoms with van der Waals surface area (Å²) < 4.78 is 26.6. The third-order valence-electron chi connectivity index (χ3n) is 2.81. The van der Waals surface area contributed by atoms with Crippen LogP contribution in [0.15, 0.2) is 24.3 Å². The first-order valence-corrected chi connectivity index (χ1v) is 8.67. The zero-order valence-corrected chi connectivity index (χ0v) is 11.8. The molecule has 0 aliphatic carbocycles. The molecule has 1 aromatic carbocycles. The summed E-state index contributed by atoms with van der Waals surface area (Å²) in [4.78, 5) is 10.8. The molecule has 19 heavy (non-hydrogen) atoms. The molecule has 1 fully saturated rings. The Kier molecular flexibility index (Phi) is 4.49. The van der Waals surface area contributed by atoms with Gasteiger partial charge in [0, 0.05) is 11.8 Å². The lowest BCUT2D eigenvalue weighted by Crippen LogP contribution is -2.35. The van der Waals surface area contributed by atoms with Gasteiger partial charge in [0.25, 0.3) is 0 Å². The first-order valence-electron chi connectivity index (χ1n) is 5.86. The van der Waals surface area contributed by atoms with Gasteiger partial charge in [-0.15, -0.1) is 0 Å². The Bertz CT molecular complexity index is 565. The number of thioether (sulfide) groups is 1. The van der Waals surface area contributed by atoms with Crippen LogP contribution in [0.4, 0.5) is 0 Å². The minimum Gasteiger partial charge on any atom is -0.478 e. The molecule has 0 spiro atoms. The van der Waals surface area contributed by atoms with Crippen molar-refractivity contribution in [2.45, 2.75) is 18.2 Å². The van der Waals surface area contributed by atoms with Gasteiger partial charge in [-0.25, -0.2) is 17.9 Å². The quantitative estimate of drug-likeness (QED) is 0.856. The van der Waals surface area contributed by atoms with Crippen LogP contribution in [0.2, 0.25) is 0 Å². The molecule has 1 saturated heterocycles. The summed E-state index contributed by atoms with van der Waals surface area (Å²) in [7, 11) is -3.42. The minimum atomic E-state index is -3.42. The number of hydrogen-bond acceptors (Lipinski definition) is 4. The fraction of sp³-hybridized carbons (Fsp3) is 0.417. The van der Waals surface area contributed by atoms with E-state index in [0.29, 0.717) is 5.56 Å². The maximum atomic E-state index is 12.0. The molecule has 1 unspecified atom stereocenters. The molecule has 0 radical (unpaired) electrons. The Morgan fingerprint density at radius 3 is 2.89 bits per heavy atom. The molecule has 1 aliphatic heterocycles. The lowest BCUT2D eigenvalue weighted by atomic mass is 10.1. The van der Waals surface area contributed by atoms with Gasteiger partial charge in [0.05, 0.1) is 11.3 Å². The van der Waals surface area contributed by atoms with E-state index >= 15 is 0 Å². The number of rotatable bonds is 5. The van der Waals surface area contributed by atoms with Crippen LogP contribution in [0.25, 0.3) is 0 Å². The maximum Gasteiger partial charge on any atom is 0.335 e. The Balaban J connectivity index is 2.06. The first kappa shape index (κ1) is 14.4. The van der Waals surface area contributed by atoms with Gasteiger partial charge >= 0.3 is 5.97 Å².